The van der Waals surface area contributed by atoms with Gasteiger partial charge in [0.25, 0.3) is 5.84 Å². The van der Waals surface area contributed by atoms with Crippen molar-refractivity contribution in [2.45, 2.75) is 6.17 Å². The third-order valence-corrected chi connectivity index (χ3v) is 11.1. The molecule has 5 nitrogen and oxygen atoms in total. The molecule has 8 aromatic carbocycles. The molecular formula is C51H36N5+. The Morgan fingerprint density at radius 2 is 0.857 bits per heavy atom. The second-order valence-corrected chi connectivity index (χ2v) is 14.3. The number of aliphatic imine (C=N–C) groups is 1. The van der Waals surface area contributed by atoms with E-state index in [1.54, 1.807) is 0 Å². The van der Waals surface area contributed by atoms with Gasteiger partial charge in [0.2, 0.25) is 0 Å². The molecule has 5 heteroatoms. The molecule has 2 aromatic heterocycles. The molecule has 0 saturated heterocycles. The number of hydrogen-bond acceptors (Lipinski definition) is 2. The van der Waals surface area contributed by atoms with Crippen molar-refractivity contribution >= 4 is 55.3 Å². The van der Waals surface area contributed by atoms with Gasteiger partial charge in [-0.15, -0.1) is 0 Å². The predicted molar refractivity (Wildman–Crippen MR) is 231 cm³/mol. The van der Waals surface area contributed by atoms with Crippen molar-refractivity contribution in [3.05, 3.63) is 217 Å². The second kappa shape index (κ2) is 13.1. The SMILES string of the molecule is c1ccc(-c2ccc(C3=NC(c4ccc(-n5c6ccccc6c6c7c8ccccc8n(-c8ccccc8)c7ccc65)cc4)=[NH+]C(c4ccccc4)N3)cc2)cc1. The normalized spacial score (nSPS) is 14.2. The zero-order valence-corrected chi connectivity index (χ0v) is 30.5. The lowest BCUT2D eigenvalue weighted by molar-refractivity contribution is -0.516. The molecule has 1 aliphatic rings. The zero-order chi connectivity index (χ0) is 37.0. The molecule has 0 radical (unpaired) electrons. The van der Waals surface area contributed by atoms with Crippen LogP contribution in [0.2, 0.25) is 0 Å². The molecule has 0 saturated carbocycles. The molecule has 264 valence electrons. The van der Waals surface area contributed by atoms with Gasteiger partial charge in [-0.25, -0.2) is 4.99 Å². The van der Waals surface area contributed by atoms with Crippen LogP contribution >= 0.6 is 0 Å². The van der Waals surface area contributed by atoms with Crippen LogP contribution in [0.5, 0.6) is 0 Å². The molecule has 0 spiro atoms. The summed E-state index contributed by atoms with van der Waals surface area (Å²) in [6.45, 7) is 0. The van der Waals surface area contributed by atoms with Crippen molar-refractivity contribution in [1.29, 1.82) is 0 Å². The van der Waals surface area contributed by atoms with Crippen molar-refractivity contribution in [2.24, 2.45) is 4.99 Å². The summed E-state index contributed by atoms with van der Waals surface area (Å²) in [5, 5.41) is 8.69. The number of nitrogens with one attached hydrogen (secondary N) is 2. The number of nitrogens with zero attached hydrogens (tertiary/aromatic N) is 3. The van der Waals surface area contributed by atoms with Gasteiger partial charge in [-0.05, 0) is 88.9 Å². The summed E-state index contributed by atoms with van der Waals surface area (Å²) >= 11 is 0. The maximum Gasteiger partial charge on any atom is 0.328 e. The monoisotopic (exact) mass is 718 g/mol. The van der Waals surface area contributed by atoms with Crippen molar-refractivity contribution in [1.82, 2.24) is 14.5 Å². The summed E-state index contributed by atoms with van der Waals surface area (Å²) < 4.78 is 4.79. The smallest absolute Gasteiger partial charge is 0.309 e. The van der Waals surface area contributed by atoms with Crippen LogP contribution in [-0.2, 0) is 0 Å². The molecule has 56 heavy (non-hydrogen) atoms. The zero-order valence-electron chi connectivity index (χ0n) is 30.5. The highest BCUT2D eigenvalue weighted by atomic mass is 15.2. The molecule has 0 bridgehead atoms. The van der Waals surface area contributed by atoms with E-state index < -0.39 is 0 Å². The first-order chi connectivity index (χ1) is 27.8. The van der Waals surface area contributed by atoms with Crippen LogP contribution < -0.4 is 10.3 Å². The molecule has 2 N–H and O–H groups in total. The molecule has 1 atom stereocenters. The Bertz CT molecular complexity index is 3120. The highest BCUT2D eigenvalue weighted by Crippen LogP contribution is 2.42. The summed E-state index contributed by atoms with van der Waals surface area (Å²) in [5.74, 6) is 1.65. The molecule has 0 aliphatic carbocycles. The van der Waals surface area contributed by atoms with E-state index in [2.05, 4.69) is 208 Å². The van der Waals surface area contributed by atoms with Gasteiger partial charge in [0.15, 0.2) is 6.17 Å². The number of hydrogen-bond donors (Lipinski definition) is 2. The topological polar surface area (TPSA) is 48.2 Å². The first-order valence-corrected chi connectivity index (χ1v) is 19.1. The largest absolute Gasteiger partial charge is 0.328 e. The van der Waals surface area contributed by atoms with Gasteiger partial charge in [-0.2, -0.15) is 0 Å². The van der Waals surface area contributed by atoms with Gasteiger partial charge in [0.05, 0.1) is 27.6 Å². The van der Waals surface area contributed by atoms with E-state index in [9.17, 15) is 0 Å². The lowest BCUT2D eigenvalue weighted by atomic mass is 10.0. The third kappa shape index (κ3) is 5.24. The fourth-order valence-electron chi connectivity index (χ4n) is 8.46. The maximum absolute atomic E-state index is 5.19. The first kappa shape index (κ1) is 32.0. The van der Waals surface area contributed by atoms with Crippen molar-refractivity contribution in [3.63, 3.8) is 0 Å². The van der Waals surface area contributed by atoms with Crippen LogP contribution in [0.4, 0.5) is 0 Å². The minimum atomic E-state index is -0.148. The highest BCUT2D eigenvalue weighted by molar-refractivity contribution is 6.29. The Labute approximate surface area is 324 Å². The van der Waals surface area contributed by atoms with Crippen LogP contribution in [0.1, 0.15) is 22.9 Å². The van der Waals surface area contributed by atoms with Crippen molar-refractivity contribution in [2.75, 3.05) is 0 Å². The lowest BCUT2D eigenvalue weighted by Gasteiger charge is -2.18. The molecule has 11 rings (SSSR count). The molecule has 10 aromatic rings. The summed E-state index contributed by atoms with van der Waals surface area (Å²) in [7, 11) is 0. The number of aromatic nitrogens is 2. The summed E-state index contributed by atoms with van der Waals surface area (Å²) in [5.41, 5.74) is 12.6. The second-order valence-electron chi connectivity index (χ2n) is 14.3. The average molecular weight is 719 g/mol. The van der Waals surface area contributed by atoms with Gasteiger partial charge in [-0.1, -0.05) is 127 Å². The van der Waals surface area contributed by atoms with Crippen molar-refractivity contribution < 1.29 is 4.99 Å². The predicted octanol–water partition coefficient (Wildman–Crippen LogP) is 10.1. The Morgan fingerprint density at radius 1 is 0.393 bits per heavy atom. The van der Waals surface area contributed by atoms with Crippen LogP contribution in [0.25, 0.3) is 66.1 Å². The standard InChI is InChI=1S/C51H35N5/c1-4-14-34(15-5-1)35-24-26-37(27-25-35)50-52-49(36-16-6-2-7-17-36)53-51(54-50)38-28-30-40(31-29-38)56-44-23-13-11-21-42(44)48-46(56)33-32-45-47(48)41-20-10-12-22-43(41)55(45)39-18-8-3-9-19-39/h1-33,49H,(H,52,53,54)/p+1. The highest BCUT2D eigenvalue weighted by Gasteiger charge is 2.28. The molecule has 0 fully saturated rings. The fraction of sp³-hybridized carbons (Fsp3) is 0.0196. The minimum absolute atomic E-state index is 0.148. The maximum atomic E-state index is 5.19. The van der Waals surface area contributed by atoms with E-state index >= 15 is 0 Å². The summed E-state index contributed by atoms with van der Waals surface area (Å²) in [6.07, 6.45) is -0.148. The van der Waals surface area contributed by atoms with Crippen LogP contribution in [0.15, 0.2) is 205 Å². The van der Waals surface area contributed by atoms with Crippen LogP contribution in [-0.4, -0.2) is 20.8 Å². The summed E-state index contributed by atoms with van der Waals surface area (Å²) in [6, 6.07) is 71.2. The molecule has 0 amide bonds. The molecule has 1 unspecified atom stereocenters. The number of para-hydroxylation sites is 3. The third-order valence-electron chi connectivity index (χ3n) is 11.1. The van der Waals surface area contributed by atoms with Crippen molar-refractivity contribution in [3.8, 4) is 22.5 Å². The van der Waals surface area contributed by atoms with Gasteiger partial charge in [0.1, 0.15) is 0 Å². The number of rotatable bonds is 6. The van der Waals surface area contributed by atoms with Crippen LogP contribution in [0, 0.1) is 0 Å². The van der Waals surface area contributed by atoms with Crippen LogP contribution in [0.3, 0.4) is 0 Å². The van der Waals surface area contributed by atoms with E-state index in [0.717, 1.165) is 39.7 Å². The van der Waals surface area contributed by atoms with Gasteiger partial charge < -0.3 is 14.5 Å². The number of benzene rings is 8. The van der Waals surface area contributed by atoms with Gasteiger partial charge in [-0.3, -0.25) is 0 Å². The van der Waals surface area contributed by atoms with Gasteiger partial charge in [0, 0.05) is 44.0 Å². The number of fused-ring (bicyclic) bond motifs is 7. The van der Waals surface area contributed by atoms with E-state index in [-0.39, 0.29) is 6.17 Å². The fourth-order valence-corrected chi connectivity index (χ4v) is 8.46. The summed E-state index contributed by atoms with van der Waals surface area (Å²) in [4.78, 5) is 8.88. The first-order valence-electron chi connectivity index (χ1n) is 19.1. The van der Waals surface area contributed by atoms with E-state index in [1.165, 1.54) is 54.7 Å². The Balaban J connectivity index is 1.03. The number of amidine groups is 2. The Hall–Kier alpha value is -7.50. The Kier molecular flexibility index (Phi) is 7.49. The molecular weight excluding hydrogens is 683 g/mol. The van der Waals surface area contributed by atoms with Gasteiger partial charge >= 0.3 is 5.84 Å². The minimum Gasteiger partial charge on any atom is -0.309 e. The van der Waals surface area contributed by atoms with E-state index in [4.69, 9.17) is 4.99 Å². The van der Waals surface area contributed by atoms with E-state index in [1.807, 2.05) is 12.1 Å². The molecule has 3 heterocycles. The van der Waals surface area contributed by atoms with E-state index in [0.29, 0.717) is 0 Å². The lowest BCUT2D eigenvalue weighted by Crippen LogP contribution is -2.80. The molecule has 1 aliphatic heterocycles. The quantitative estimate of drug-likeness (QED) is 0.177. The average Bonchev–Trinajstić information content (AvgIpc) is 3.80. The Morgan fingerprint density at radius 3 is 1.46 bits per heavy atom.